The fraction of sp³-hybridized carbons (Fsp3) is 0.150. The summed E-state index contributed by atoms with van der Waals surface area (Å²) in [5, 5.41) is 7.75. The van der Waals surface area contributed by atoms with Gasteiger partial charge in [0.1, 0.15) is 11.4 Å². The number of imidazole rings is 1. The van der Waals surface area contributed by atoms with Gasteiger partial charge >= 0.3 is 0 Å². The number of amides is 1. The second kappa shape index (κ2) is 7.74. The van der Waals surface area contributed by atoms with Gasteiger partial charge in [0.05, 0.1) is 12.2 Å². The number of rotatable bonds is 6. The maximum atomic E-state index is 12.3. The lowest BCUT2D eigenvalue weighted by atomic mass is 10.3. The second-order valence-corrected chi connectivity index (χ2v) is 6.74. The molecule has 1 amide bonds. The quantitative estimate of drug-likeness (QED) is 0.541. The predicted octanol–water partition coefficient (Wildman–Crippen LogP) is 3.64. The van der Waals surface area contributed by atoms with Crippen LogP contribution in [0.3, 0.4) is 0 Å². The summed E-state index contributed by atoms with van der Waals surface area (Å²) < 4.78 is 9.30. The number of hydrogen-bond acceptors (Lipinski definition) is 4. The van der Waals surface area contributed by atoms with Crippen molar-refractivity contribution in [1.82, 2.24) is 19.2 Å². The first-order valence-electron chi connectivity index (χ1n) is 8.76. The zero-order chi connectivity index (χ0) is 19.5. The molecule has 142 valence electrons. The van der Waals surface area contributed by atoms with Gasteiger partial charge in [-0.2, -0.15) is 5.10 Å². The van der Waals surface area contributed by atoms with Crippen molar-refractivity contribution in [2.75, 3.05) is 5.32 Å². The van der Waals surface area contributed by atoms with Crippen molar-refractivity contribution in [3.63, 3.8) is 0 Å². The summed E-state index contributed by atoms with van der Waals surface area (Å²) in [6, 6.07) is 14.4. The summed E-state index contributed by atoms with van der Waals surface area (Å²) in [5.74, 6) is 0.748. The number of nitrogens with one attached hydrogen (secondary N) is 1. The predicted molar refractivity (Wildman–Crippen MR) is 107 cm³/mol. The number of anilines is 1. The van der Waals surface area contributed by atoms with Gasteiger partial charge in [-0.15, -0.1) is 0 Å². The van der Waals surface area contributed by atoms with E-state index in [1.807, 2.05) is 35.0 Å². The summed E-state index contributed by atoms with van der Waals surface area (Å²) in [6.07, 6.45) is 5.02. The Morgan fingerprint density at radius 2 is 2.00 bits per heavy atom. The fourth-order valence-corrected chi connectivity index (χ4v) is 2.87. The summed E-state index contributed by atoms with van der Waals surface area (Å²) in [6.45, 7) is 2.19. The molecule has 4 rings (SSSR count). The van der Waals surface area contributed by atoms with Gasteiger partial charge in [0.15, 0.2) is 11.9 Å². The number of pyridine rings is 1. The highest BCUT2D eigenvalue weighted by atomic mass is 35.5. The topological polar surface area (TPSA) is 73.5 Å². The van der Waals surface area contributed by atoms with Crippen LogP contribution < -0.4 is 10.1 Å². The van der Waals surface area contributed by atoms with Gasteiger partial charge in [-0.3, -0.25) is 9.48 Å². The first-order chi connectivity index (χ1) is 13.6. The molecular formula is C20H18ClN5O2. The Kier molecular flexibility index (Phi) is 4.99. The van der Waals surface area contributed by atoms with Crippen LogP contribution in [0.2, 0.25) is 5.02 Å². The lowest BCUT2D eigenvalue weighted by Gasteiger charge is -2.13. The summed E-state index contributed by atoms with van der Waals surface area (Å²) in [4.78, 5) is 16.9. The Labute approximate surface area is 166 Å². The molecule has 0 aliphatic carbocycles. The van der Waals surface area contributed by atoms with Crippen molar-refractivity contribution >= 4 is 29.0 Å². The monoisotopic (exact) mass is 395 g/mol. The SMILES string of the molecule is C[C@@H](Oc1ccc(Cl)cc1)C(=O)Nc1ccn(Cc2cn3ccccc3n2)n1. The van der Waals surface area contributed by atoms with E-state index in [1.165, 1.54) is 0 Å². The number of aromatic nitrogens is 4. The van der Waals surface area contributed by atoms with Crippen LogP contribution in [-0.4, -0.2) is 31.2 Å². The third kappa shape index (κ3) is 4.15. The Morgan fingerprint density at radius 3 is 2.79 bits per heavy atom. The van der Waals surface area contributed by atoms with E-state index in [1.54, 1.807) is 48.1 Å². The number of nitrogens with zero attached hydrogens (tertiary/aromatic N) is 4. The first-order valence-corrected chi connectivity index (χ1v) is 9.14. The molecule has 8 heteroatoms. The molecule has 0 fully saturated rings. The van der Waals surface area contributed by atoms with Gasteiger partial charge in [-0.1, -0.05) is 17.7 Å². The lowest BCUT2D eigenvalue weighted by Crippen LogP contribution is -2.30. The van der Waals surface area contributed by atoms with Crippen LogP contribution in [0.1, 0.15) is 12.6 Å². The van der Waals surface area contributed by atoms with Gasteiger partial charge in [0.25, 0.3) is 5.91 Å². The van der Waals surface area contributed by atoms with Crippen molar-refractivity contribution in [2.24, 2.45) is 0 Å². The molecular weight excluding hydrogens is 378 g/mol. The minimum Gasteiger partial charge on any atom is -0.481 e. The molecule has 3 aromatic heterocycles. The average Bonchev–Trinajstić information content (AvgIpc) is 3.29. The van der Waals surface area contributed by atoms with Gasteiger partial charge in [0.2, 0.25) is 0 Å². The van der Waals surface area contributed by atoms with Crippen molar-refractivity contribution in [3.8, 4) is 5.75 Å². The van der Waals surface area contributed by atoms with E-state index < -0.39 is 6.10 Å². The molecule has 0 saturated carbocycles. The average molecular weight is 396 g/mol. The Bertz CT molecular complexity index is 1070. The highest BCUT2D eigenvalue weighted by molar-refractivity contribution is 6.30. The van der Waals surface area contributed by atoms with E-state index in [2.05, 4.69) is 15.4 Å². The number of benzene rings is 1. The van der Waals surface area contributed by atoms with Crippen LogP contribution in [0, 0.1) is 0 Å². The minimum absolute atomic E-state index is 0.284. The zero-order valence-electron chi connectivity index (χ0n) is 15.1. The summed E-state index contributed by atoms with van der Waals surface area (Å²) in [5.41, 5.74) is 1.76. The van der Waals surface area contributed by atoms with Crippen LogP contribution in [0.4, 0.5) is 5.82 Å². The van der Waals surface area contributed by atoms with Crippen molar-refractivity contribution in [1.29, 1.82) is 0 Å². The zero-order valence-corrected chi connectivity index (χ0v) is 15.9. The molecule has 1 aromatic carbocycles. The first kappa shape index (κ1) is 18.1. The van der Waals surface area contributed by atoms with E-state index in [-0.39, 0.29) is 5.91 Å². The largest absolute Gasteiger partial charge is 0.481 e. The minimum atomic E-state index is -0.676. The highest BCUT2D eigenvalue weighted by Crippen LogP contribution is 2.17. The van der Waals surface area contributed by atoms with Crippen LogP contribution in [0.15, 0.2) is 67.1 Å². The molecule has 1 atom stereocenters. The van der Waals surface area contributed by atoms with E-state index in [9.17, 15) is 4.79 Å². The molecule has 0 saturated heterocycles. The maximum Gasteiger partial charge on any atom is 0.266 e. The Balaban J connectivity index is 1.37. The number of halogens is 1. The van der Waals surface area contributed by atoms with Crippen LogP contribution in [0.5, 0.6) is 5.75 Å². The van der Waals surface area contributed by atoms with E-state index >= 15 is 0 Å². The maximum absolute atomic E-state index is 12.3. The van der Waals surface area contributed by atoms with Crippen LogP contribution in [-0.2, 0) is 11.3 Å². The van der Waals surface area contributed by atoms with Crippen molar-refractivity contribution in [3.05, 3.63) is 77.8 Å². The Hall–Kier alpha value is -3.32. The number of ether oxygens (including phenoxy) is 1. The van der Waals surface area contributed by atoms with Gasteiger partial charge < -0.3 is 14.5 Å². The molecule has 0 radical (unpaired) electrons. The normalized spacial score (nSPS) is 12.1. The molecule has 0 aliphatic rings. The molecule has 7 nitrogen and oxygen atoms in total. The molecule has 4 aromatic rings. The number of fused-ring (bicyclic) bond motifs is 1. The third-order valence-electron chi connectivity index (χ3n) is 4.13. The second-order valence-electron chi connectivity index (χ2n) is 6.30. The fourth-order valence-electron chi connectivity index (χ4n) is 2.74. The van der Waals surface area contributed by atoms with Gasteiger partial charge in [-0.05, 0) is 43.3 Å². The van der Waals surface area contributed by atoms with Crippen LogP contribution in [0.25, 0.3) is 5.65 Å². The van der Waals surface area contributed by atoms with Crippen molar-refractivity contribution < 1.29 is 9.53 Å². The smallest absolute Gasteiger partial charge is 0.266 e. The molecule has 1 N–H and O–H groups in total. The van der Waals surface area contributed by atoms with E-state index in [0.717, 1.165) is 11.3 Å². The number of carbonyl (C=O) groups excluding carboxylic acids is 1. The summed E-state index contributed by atoms with van der Waals surface area (Å²) >= 11 is 5.85. The molecule has 28 heavy (non-hydrogen) atoms. The van der Waals surface area contributed by atoms with Crippen LogP contribution >= 0.6 is 11.6 Å². The molecule has 0 spiro atoms. The highest BCUT2D eigenvalue weighted by Gasteiger charge is 2.16. The van der Waals surface area contributed by atoms with E-state index in [4.69, 9.17) is 16.3 Å². The number of carbonyl (C=O) groups is 1. The van der Waals surface area contributed by atoms with Crippen molar-refractivity contribution in [2.45, 2.75) is 19.6 Å². The molecule has 0 bridgehead atoms. The lowest BCUT2D eigenvalue weighted by molar-refractivity contribution is -0.122. The molecule has 0 unspecified atom stereocenters. The molecule has 3 heterocycles. The Morgan fingerprint density at radius 1 is 1.18 bits per heavy atom. The summed E-state index contributed by atoms with van der Waals surface area (Å²) in [7, 11) is 0. The molecule has 0 aliphatic heterocycles. The van der Waals surface area contributed by atoms with E-state index in [0.29, 0.717) is 23.1 Å². The van der Waals surface area contributed by atoms with Gasteiger partial charge in [0, 0.05) is 29.7 Å². The number of hydrogen-bond donors (Lipinski definition) is 1. The standard InChI is InChI=1S/C20H18ClN5O2/c1-14(28-17-7-5-15(21)6-8-17)20(27)23-18-9-11-26(24-18)13-16-12-25-10-3-2-4-19(25)22-16/h2-12,14H,13H2,1H3,(H,23,24,27)/t14-/m1/s1. The van der Waals surface area contributed by atoms with Gasteiger partial charge in [-0.25, -0.2) is 4.98 Å². The third-order valence-corrected chi connectivity index (χ3v) is 4.38.